The summed E-state index contributed by atoms with van der Waals surface area (Å²) in [6.45, 7) is 9.80. The molecule has 0 radical (unpaired) electrons. The van der Waals surface area contributed by atoms with Crippen LogP contribution in [0.5, 0.6) is 0 Å². The molecule has 1 aromatic rings. The summed E-state index contributed by atoms with van der Waals surface area (Å²) >= 11 is 0. The highest BCUT2D eigenvalue weighted by atomic mass is 32.2. The van der Waals surface area contributed by atoms with Crippen molar-refractivity contribution >= 4 is 15.9 Å². The summed E-state index contributed by atoms with van der Waals surface area (Å²) in [5.74, 6) is -0.110. The van der Waals surface area contributed by atoms with Crippen LogP contribution in [0.3, 0.4) is 0 Å². The van der Waals surface area contributed by atoms with Gasteiger partial charge in [0.05, 0.1) is 11.4 Å². The smallest absolute Gasteiger partial charge is 0.243 e. The zero-order chi connectivity index (χ0) is 20.9. The quantitative estimate of drug-likeness (QED) is 0.682. The van der Waals surface area contributed by atoms with Crippen molar-refractivity contribution in [1.29, 1.82) is 0 Å². The summed E-state index contributed by atoms with van der Waals surface area (Å²) in [5.41, 5.74) is 1.62. The Bertz CT molecular complexity index is 800. The van der Waals surface area contributed by atoms with Gasteiger partial charge in [0.15, 0.2) is 0 Å². The van der Waals surface area contributed by atoms with Gasteiger partial charge in [-0.1, -0.05) is 12.1 Å². The third-order valence-corrected chi connectivity index (χ3v) is 7.81. The Morgan fingerprint density at radius 3 is 2.48 bits per heavy atom. The van der Waals surface area contributed by atoms with Gasteiger partial charge in [0.2, 0.25) is 15.9 Å². The van der Waals surface area contributed by atoms with Crippen molar-refractivity contribution in [3.8, 4) is 0 Å². The van der Waals surface area contributed by atoms with Crippen LogP contribution in [0.1, 0.15) is 30.4 Å². The standard InChI is InChI=1S/C21H34N4O3S/c1-18-6-7-19(2)20(16-18)29(27,28)25(13-5-12-23-10-3-4-11-23)17-21(26)24-14-8-22-9-15-24/h6-7,16,22H,3-5,8-15,17H2,1-2H3. The van der Waals surface area contributed by atoms with Crippen LogP contribution in [-0.2, 0) is 14.8 Å². The topological polar surface area (TPSA) is 73.0 Å². The van der Waals surface area contributed by atoms with Crippen LogP contribution in [0.2, 0.25) is 0 Å². The van der Waals surface area contributed by atoms with Gasteiger partial charge >= 0.3 is 0 Å². The average Bonchev–Trinajstić information content (AvgIpc) is 3.23. The average molecular weight is 423 g/mol. The SMILES string of the molecule is Cc1ccc(C)c(S(=O)(=O)N(CCCN2CCCC2)CC(=O)N2CCNCC2)c1. The predicted molar refractivity (Wildman–Crippen MR) is 114 cm³/mol. The number of nitrogens with one attached hydrogen (secondary N) is 1. The van der Waals surface area contributed by atoms with Gasteiger partial charge in [-0.25, -0.2) is 8.42 Å². The molecule has 1 amide bonds. The maximum Gasteiger partial charge on any atom is 0.243 e. The van der Waals surface area contributed by atoms with E-state index in [0.29, 0.717) is 24.5 Å². The second kappa shape index (κ2) is 10.0. The molecule has 0 atom stereocenters. The van der Waals surface area contributed by atoms with E-state index in [2.05, 4.69) is 10.2 Å². The molecule has 2 saturated heterocycles. The number of hydrogen-bond donors (Lipinski definition) is 1. The maximum absolute atomic E-state index is 13.5. The molecular formula is C21H34N4O3S. The zero-order valence-corrected chi connectivity index (χ0v) is 18.5. The van der Waals surface area contributed by atoms with Crippen LogP contribution in [0, 0.1) is 13.8 Å². The number of amides is 1. The highest BCUT2D eigenvalue weighted by Gasteiger charge is 2.30. The van der Waals surface area contributed by atoms with E-state index in [1.165, 1.54) is 17.1 Å². The summed E-state index contributed by atoms with van der Waals surface area (Å²) in [7, 11) is -3.73. The van der Waals surface area contributed by atoms with Gasteiger partial charge in [0.25, 0.3) is 0 Å². The molecule has 0 bridgehead atoms. The van der Waals surface area contributed by atoms with Gasteiger partial charge in [0.1, 0.15) is 0 Å². The number of benzene rings is 1. The summed E-state index contributed by atoms with van der Waals surface area (Å²) < 4.78 is 28.4. The number of aryl methyl sites for hydroxylation is 2. The first-order valence-corrected chi connectivity index (χ1v) is 12.1. The largest absolute Gasteiger partial charge is 0.339 e. The van der Waals surface area contributed by atoms with Gasteiger partial charge in [0, 0.05) is 32.7 Å². The van der Waals surface area contributed by atoms with Crippen molar-refractivity contribution in [1.82, 2.24) is 19.4 Å². The molecule has 29 heavy (non-hydrogen) atoms. The van der Waals surface area contributed by atoms with E-state index in [0.717, 1.165) is 50.3 Å². The summed E-state index contributed by atoms with van der Waals surface area (Å²) in [6, 6.07) is 5.47. The first-order chi connectivity index (χ1) is 13.9. The first-order valence-electron chi connectivity index (χ1n) is 10.7. The molecule has 0 aromatic heterocycles. The monoisotopic (exact) mass is 422 g/mol. The Hall–Kier alpha value is -1.48. The molecule has 1 N–H and O–H groups in total. The normalized spacial score (nSPS) is 18.5. The number of piperazine rings is 1. The molecule has 0 saturated carbocycles. The molecule has 8 heteroatoms. The lowest BCUT2D eigenvalue weighted by Crippen LogP contribution is -2.50. The van der Waals surface area contributed by atoms with Crippen molar-refractivity contribution < 1.29 is 13.2 Å². The lowest BCUT2D eigenvalue weighted by Gasteiger charge is -2.30. The van der Waals surface area contributed by atoms with Crippen molar-refractivity contribution in [2.75, 3.05) is 58.9 Å². The van der Waals surface area contributed by atoms with Crippen LogP contribution >= 0.6 is 0 Å². The zero-order valence-electron chi connectivity index (χ0n) is 17.7. The molecule has 7 nitrogen and oxygen atoms in total. The number of likely N-dealkylation sites (tertiary alicyclic amines) is 1. The Labute approximate surface area is 175 Å². The van der Waals surface area contributed by atoms with E-state index in [1.807, 2.05) is 26.0 Å². The Balaban J connectivity index is 1.76. The van der Waals surface area contributed by atoms with Crippen LogP contribution in [0.15, 0.2) is 23.1 Å². The van der Waals surface area contributed by atoms with Crippen molar-refractivity contribution in [3.63, 3.8) is 0 Å². The minimum atomic E-state index is -3.73. The lowest BCUT2D eigenvalue weighted by molar-refractivity contribution is -0.132. The molecule has 0 unspecified atom stereocenters. The molecule has 3 rings (SSSR count). The lowest BCUT2D eigenvalue weighted by atomic mass is 10.2. The fourth-order valence-corrected chi connectivity index (χ4v) is 5.79. The molecule has 2 aliphatic rings. The minimum absolute atomic E-state index is 0.0876. The molecule has 2 aliphatic heterocycles. The Kier molecular flexibility index (Phi) is 7.67. The summed E-state index contributed by atoms with van der Waals surface area (Å²) in [6.07, 6.45) is 3.16. The number of carbonyl (C=O) groups excluding carboxylic acids is 1. The molecule has 0 spiro atoms. The van der Waals surface area contributed by atoms with Crippen LogP contribution in [0.25, 0.3) is 0 Å². The van der Waals surface area contributed by atoms with Crippen molar-refractivity contribution in [2.45, 2.75) is 38.0 Å². The Morgan fingerprint density at radius 2 is 1.79 bits per heavy atom. The highest BCUT2D eigenvalue weighted by molar-refractivity contribution is 7.89. The second-order valence-electron chi connectivity index (χ2n) is 8.14. The predicted octanol–water partition coefficient (Wildman–Crippen LogP) is 1.21. The fourth-order valence-electron chi connectivity index (χ4n) is 4.05. The number of carbonyl (C=O) groups is 1. The van der Waals surface area contributed by atoms with E-state index in [4.69, 9.17) is 0 Å². The van der Waals surface area contributed by atoms with Gasteiger partial charge in [-0.15, -0.1) is 0 Å². The summed E-state index contributed by atoms with van der Waals surface area (Å²) in [4.78, 5) is 17.3. The van der Waals surface area contributed by atoms with Crippen LogP contribution in [-0.4, -0.2) is 87.3 Å². The third-order valence-electron chi connectivity index (χ3n) is 5.82. The van der Waals surface area contributed by atoms with E-state index >= 15 is 0 Å². The molecule has 2 heterocycles. The van der Waals surface area contributed by atoms with Crippen molar-refractivity contribution in [3.05, 3.63) is 29.3 Å². The maximum atomic E-state index is 13.5. The van der Waals surface area contributed by atoms with Gasteiger partial charge in [-0.3, -0.25) is 4.79 Å². The second-order valence-corrected chi connectivity index (χ2v) is 10.0. The van der Waals surface area contributed by atoms with E-state index in [-0.39, 0.29) is 12.5 Å². The molecular weight excluding hydrogens is 388 g/mol. The minimum Gasteiger partial charge on any atom is -0.339 e. The van der Waals surface area contributed by atoms with Crippen LogP contribution in [0.4, 0.5) is 0 Å². The van der Waals surface area contributed by atoms with E-state index in [1.54, 1.807) is 11.0 Å². The van der Waals surface area contributed by atoms with Gasteiger partial charge < -0.3 is 15.1 Å². The Morgan fingerprint density at radius 1 is 1.10 bits per heavy atom. The van der Waals surface area contributed by atoms with Crippen molar-refractivity contribution in [2.24, 2.45) is 0 Å². The van der Waals surface area contributed by atoms with E-state index in [9.17, 15) is 13.2 Å². The van der Waals surface area contributed by atoms with Crippen LogP contribution < -0.4 is 5.32 Å². The number of sulfonamides is 1. The molecule has 0 aliphatic carbocycles. The molecule has 1 aromatic carbocycles. The van der Waals surface area contributed by atoms with E-state index < -0.39 is 10.0 Å². The number of nitrogens with zero attached hydrogens (tertiary/aromatic N) is 3. The highest BCUT2D eigenvalue weighted by Crippen LogP contribution is 2.22. The number of rotatable bonds is 8. The fraction of sp³-hybridized carbons (Fsp3) is 0.667. The van der Waals surface area contributed by atoms with Gasteiger partial charge in [-0.2, -0.15) is 4.31 Å². The molecule has 2 fully saturated rings. The van der Waals surface area contributed by atoms with Gasteiger partial charge in [-0.05, 0) is 69.9 Å². The first kappa shape index (κ1) is 22.2. The summed E-state index contributed by atoms with van der Waals surface area (Å²) in [5, 5.41) is 3.23. The molecule has 162 valence electrons. The number of hydrogen-bond acceptors (Lipinski definition) is 5. The third kappa shape index (κ3) is 5.78.